The fourth-order valence-electron chi connectivity index (χ4n) is 2.63. The van der Waals surface area contributed by atoms with E-state index >= 15 is 0 Å². The van der Waals surface area contributed by atoms with Crippen LogP contribution in [0.3, 0.4) is 0 Å². The molecule has 0 aliphatic carbocycles. The van der Waals surface area contributed by atoms with E-state index in [1.807, 2.05) is 6.07 Å². The SMILES string of the molecule is CCC(CC)C(O)CNC1COc2cc(O)ccc21. The Morgan fingerprint density at radius 3 is 2.79 bits per heavy atom. The average molecular weight is 265 g/mol. The summed E-state index contributed by atoms with van der Waals surface area (Å²) in [7, 11) is 0. The smallest absolute Gasteiger partial charge is 0.127 e. The van der Waals surface area contributed by atoms with Gasteiger partial charge >= 0.3 is 0 Å². The first kappa shape index (κ1) is 14.2. The van der Waals surface area contributed by atoms with E-state index in [0.717, 1.165) is 24.2 Å². The maximum Gasteiger partial charge on any atom is 0.127 e. The second-order valence-corrected chi connectivity index (χ2v) is 5.14. The van der Waals surface area contributed by atoms with E-state index in [2.05, 4.69) is 19.2 Å². The van der Waals surface area contributed by atoms with Crippen molar-refractivity contribution in [3.63, 3.8) is 0 Å². The highest BCUT2D eigenvalue weighted by molar-refractivity contribution is 5.44. The summed E-state index contributed by atoms with van der Waals surface area (Å²) >= 11 is 0. The van der Waals surface area contributed by atoms with Crippen LogP contribution in [-0.4, -0.2) is 29.5 Å². The zero-order valence-electron chi connectivity index (χ0n) is 11.6. The van der Waals surface area contributed by atoms with Gasteiger partial charge in [0.1, 0.15) is 18.1 Å². The van der Waals surface area contributed by atoms with E-state index in [4.69, 9.17) is 4.74 Å². The molecule has 0 saturated carbocycles. The minimum Gasteiger partial charge on any atom is -0.508 e. The van der Waals surface area contributed by atoms with Gasteiger partial charge in [0.05, 0.1) is 12.1 Å². The highest BCUT2D eigenvalue weighted by atomic mass is 16.5. The molecule has 1 aromatic carbocycles. The van der Waals surface area contributed by atoms with Gasteiger partial charge in [-0.25, -0.2) is 0 Å². The lowest BCUT2D eigenvalue weighted by Gasteiger charge is -2.22. The molecule has 19 heavy (non-hydrogen) atoms. The van der Waals surface area contributed by atoms with Crippen LogP contribution >= 0.6 is 0 Å². The Balaban J connectivity index is 1.92. The summed E-state index contributed by atoms with van der Waals surface area (Å²) in [5.74, 6) is 1.29. The van der Waals surface area contributed by atoms with Crippen LogP contribution in [0.15, 0.2) is 18.2 Å². The molecule has 1 aliphatic rings. The highest BCUT2D eigenvalue weighted by Crippen LogP contribution is 2.34. The van der Waals surface area contributed by atoms with Crippen LogP contribution < -0.4 is 10.1 Å². The summed E-state index contributed by atoms with van der Waals surface area (Å²) in [6, 6.07) is 5.27. The Bertz CT molecular complexity index is 418. The number of aromatic hydroxyl groups is 1. The van der Waals surface area contributed by atoms with Crippen molar-refractivity contribution in [2.45, 2.75) is 38.8 Å². The van der Waals surface area contributed by atoms with Crippen molar-refractivity contribution in [2.24, 2.45) is 5.92 Å². The third-order valence-electron chi connectivity index (χ3n) is 3.94. The monoisotopic (exact) mass is 265 g/mol. The van der Waals surface area contributed by atoms with Crippen LogP contribution in [0.1, 0.15) is 38.3 Å². The van der Waals surface area contributed by atoms with Crippen molar-refractivity contribution in [1.29, 1.82) is 0 Å². The summed E-state index contributed by atoms with van der Waals surface area (Å²) in [5, 5.41) is 22.9. The van der Waals surface area contributed by atoms with Gasteiger partial charge in [-0.3, -0.25) is 0 Å². The van der Waals surface area contributed by atoms with Crippen LogP contribution in [0.5, 0.6) is 11.5 Å². The third-order valence-corrected chi connectivity index (χ3v) is 3.94. The first-order chi connectivity index (χ1) is 9.15. The zero-order chi connectivity index (χ0) is 13.8. The number of aliphatic hydroxyl groups is 1. The summed E-state index contributed by atoms with van der Waals surface area (Å²) in [6.45, 7) is 5.33. The van der Waals surface area contributed by atoms with Crippen molar-refractivity contribution in [2.75, 3.05) is 13.2 Å². The number of aliphatic hydroxyl groups excluding tert-OH is 1. The Kier molecular flexibility index (Phi) is 4.66. The zero-order valence-corrected chi connectivity index (χ0v) is 11.6. The lowest BCUT2D eigenvalue weighted by Crippen LogP contribution is -2.35. The number of phenols is 1. The first-order valence-electron chi connectivity index (χ1n) is 7.02. The van der Waals surface area contributed by atoms with Crippen LogP contribution in [0, 0.1) is 5.92 Å². The Labute approximate surface area is 114 Å². The molecule has 1 aliphatic heterocycles. The number of ether oxygens (including phenoxy) is 1. The number of hydrogen-bond donors (Lipinski definition) is 3. The fraction of sp³-hybridized carbons (Fsp3) is 0.600. The quantitative estimate of drug-likeness (QED) is 0.738. The molecule has 0 saturated heterocycles. The molecule has 0 radical (unpaired) electrons. The minimum atomic E-state index is -0.323. The predicted molar refractivity (Wildman–Crippen MR) is 74.4 cm³/mol. The molecule has 1 heterocycles. The van der Waals surface area contributed by atoms with Gasteiger partial charge < -0.3 is 20.3 Å². The van der Waals surface area contributed by atoms with Gasteiger partial charge in [-0.1, -0.05) is 26.7 Å². The van der Waals surface area contributed by atoms with Gasteiger partial charge in [0, 0.05) is 18.2 Å². The van der Waals surface area contributed by atoms with Crippen LogP contribution in [0.4, 0.5) is 0 Å². The molecular formula is C15H23NO3. The molecule has 4 heteroatoms. The van der Waals surface area contributed by atoms with Crippen LogP contribution in [0.25, 0.3) is 0 Å². The van der Waals surface area contributed by atoms with Crippen molar-refractivity contribution >= 4 is 0 Å². The minimum absolute atomic E-state index is 0.0969. The van der Waals surface area contributed by atoms with E-state index < -0.39 is 0 Å². The Morgan fingerprint density at radius 2 is 2.11 bits per heavy atom. The molecule has 0 fully saturated rings. The number of phenolic OH excluding ortho intramolecular Hbond substituents is 1. The summed E-state index contributed by atoms with van der Waals surface area (Å²) in [4.78, 5) is 0. The standard InChI is InChI=1S/C15H23NO3/c1-3-10(4-2)14(18)8-16-13-9-19-15-7-11(17)5-6-12(13)15/h5-7,10,13-14,16-18H,3-4,8-9H2,1-2H3. The summed E-state index contributed by atoms with van der Waals surface area (Å²) in [5.41, 5.74) is 1.05. The maximum atomic E-state index is 10.1. The van der Waals surface area contributed by atoms with E-state index in [1.165, 1.54) is 0 Å². The number of rotatable bonds is 6. The second-order valence-electron chi connectivity index (χ2n) is 5.14. The molecule has 106 valence electrons. The van der Waals surface area contributed by atoms with Gasteiger partial charge in [0.25, 0.3) is 0 Å². The lowest BCUT2D eigenvalue weighted by molar-refractivity contribution is 0.0971. The molecule has 2 unspecified atom stereocenters. The second kappa shape index (κ2) is 6.26. The fourth-order valence-corrected chi connectivity index (χ4v) is 2.63. The van der Waals surface area contributed by atoms with Crippen LogP contribution in [-0.2, 0) is 0 Å². The molecule has 0 spiro atoms. The van der Waals surface area contributed by atoms with E-state index in [1.54, 1.807) is 12.1 Å². The molecule has 0 aromatic heterocycles. The third kappa shape index (κ3) is 3.19. The molecule has 2 rings (SSSR count). The molecule has 2 atom stereocenters. The maximum absolute atomic E-state index is 10.1. The predicted octanol–water partition coefficient (Wildman–Crippen LogP) is 2.21. The Hall–Kier alpha value is -1.26. The van der Waals surface area contributed by atoms with E-state index in [-0.39, 0.29) is 17.9 Å². The molecule has 1 aromatic rings. The Morgan fingerprint density at radius 1 is 1.37 bits per heavy atom. The topological polar surface area (TPSA) is 61.7 Å². The average Bonchev–Trinajstić information content (AvgIpc) is 2.80. The largest absolute Gasteiger partial charge is 0.508 e. The van der Waals surface area contributed by atoms with Gasteiger partial charge in [0.15, 0.2) is 0 Å². The van der Waals surface area contributed by atoms with Gasteiger partial charge in [-0.2, -0.15) is 0 Å². The molecule has 0 bridgehead atoms. The summed E-state index contributed by atoms with van der Waals surface area (Å²) in [6.07, 6.45) is 1.66. The number of hydrogen-bond acceptors (Lipinski definition) is 4. The number of benzene rings is 1. The molecule has 0 amide bonds. The first-order valence-corrected chi connectivity index (χ1v) is 7.02. The van der Waals surface area contributed by atoms with Crippen molar-refractivity contribution < 1.29 is 14.9 Å². The van der Waals surface area contributed by atoms with Crippen molar-refractivity contribution in [3.8, 4) is 11.5 Å². The molecule has 3 N–H and O–H groups in total. The van der Waals surface area contributed by atoms with Crippen LogP contribution in [0.2, 0.25) is 0 Å². The lowest BCUT2D eigenvalue weighted by atomic mass is 9.96. The summed E-state index contributed by atoms with van der Waals surface area (Å²) < 4.78 is 5.53. The number of fused-ring (bicyclic) bond motifs is 1. The molecule has 4 nitrogen and oxygen atoms in total. The van der Waals surface area contributed by atoms with Gasteiger partial charge in [-0.05, 0) is 18.1 Å². The van der Waals surface area contributed by atoms with E-state index in [9.17, 15) is 10.2 Å². The van der Waals surface area contributed by atoms with Gasteiger partial charge in [-0.15, -0.1) is 0 Å². The van der Waals surface area contributed by atoms with E-state index in [0.29, 0.717) is 19.1 Å². The van der Waals surface area contributed by atoms with Gasteiger partial charge in [0.2, 0.25) is 0 Å². The molecular weight excluding hydrogens is 242 g/mol. The van der Waals surface area contributed by atoms with Crippen molar-refractivity contribution in [3.05, 3.63) is 23.8 Å². The number of nitrogens with one attached hydrogen (secondary N) is 1. The van der Waals surface area contributed by atoms with Crippen molar-refractivity contribution in [1.82, 2.24) is 5.32 Å². The highest BCUT2D eigenvalue weighted by Gasteiger charge is 2.25. The normalized spacial score (nSPS) is 19.3.